The van der Waals surface area contributed by atoms with Crippen LogP contribution in [0.2, 0.25) is 0 Å². The first-order valence-corrected chi connectivity index (χ1v) is 9.83. The smallest absolute Gasteiger partial charge is 0.220 e. The number of carbonyl (C=O) groups excluding carboxylic acids is 1. The van der Waals surface area contributed by atoms with Crippen LogP contribution in [-0.4, -0.2) is 49.1 Å². The summed E-state index contributed by atoms with van der Waals surface area (Å²) < 4.78 is 0. The number of carbonyl (C=O) groups is 1. The number of amides is 1. The fraction of sp³-hybridized carbons (Fsp3) is 0.947. The van der Waals surface area contributed by atoms with Crippen molar-refractivity contribution in [2.75, 3.05) is 26.2 Å². The second-order valence-corrected chi connectivity index (χ2v) is 8.59. The van der Waals surface area contributed by atoms with Crippen LogP contribution in [0.3, 0.4) is 0 Å². The minimum Gasteiger partial charge on any atom is -0.356 e. The van der Waals surface area contributed by atoms with E-state index in [1.54, 1.807) is 0 Å². The number of piperidine rings is 2. The van der Waals surface area contributed by atoms with E-state index in [0.717, 1.165) is 37.8 Å². The number of fused-ring (bicyclic) bond motifs is 2. The Morgan fingerprint density at radius 2 is 1.74 bits per heavy atom. The third-order valence-electron chi connectivity index (χ3n) is 5.96. The molecule has 0 aromatic heterocycles. The summed E-state index contributed by atoms with van der Waals surface area (Å²) >= 11 is 0. The molecule has 2 N–H and O–H groups in total. The number of hydrogen-bond donors (Lipinski definition) is 2. The Morgan fingerprint density at radius 3 is 2.39 bits per heavy atom. The number of hydrogen-bond acceptors (Lipinski definition) is 3. The van der Waals surface area contributed by atoms with Gasteiger partial charge in [-0.2, -0.15) is 0 Å². The molecule has 3 aliphatic heterocycles. The van der Waals surface area contributed by atoms with Gasteiger partial charge in [0.25, 0.3) is 0 Å². The molecule has 4 nitrogen and oxygen atoms in total. The molecule has 132 valence electrons. The minimum atomic E-state index is 0.275. The maximum atomic E-state index is 12.2. The van der Waals surface area contributed by atoms with Crippen LogP contribution in [0.5, 0.6) is 0 Å². The summed E-state index contributed by atoms with van der Waals surface area (Å²) in [5.41, 5.74) is 0. The van der Waals surface area contributed by atoms with Crippen LogP contribution < -0.4 is 10.6 Å². The zero-order chi connectivity index (χ0) is 16.2. The van der Waals surface area contributed by atoms with Crippen LogP contribution in [0, 0.1) is 17.8 Å². The predicted molar refractivity (Wildman–Crippen MR) is 94.3 cm³/mol. The Hall–Kier alpha value is -0.610. The zero-order valence-corrected chi connectivity index (χ0v) is 15.0. The highest BCUT2D eigenvalue weighted by molar-refractivity contribution is 5.76. The van der Waals surface area contributed by atoms with Gasteiger partial charge in [0.1, 0.15) is 0 Å². The van der Waals surface area contributed by atoms with Gasteiger partial charge in [0.05, 0.1) is 0 Å². The molecule has 0 aromatic rings. The van der Waals surface area contributed by atoms with E-state index in [9.17, 15) is 4.79 Å². The van der Waals surface area contributed by atoms with Crippen molar-refractivity contribution in [1.29, 1.82) is 0 Å². The summed E-state index contributed by atoms with van der Waals surface area (Å²) in [7, 11) is 0. The van der Waals surface area contributed by atoms with Crippen molar-refractivity contribution in [2.24, 2.45) is 17.8 Å². The van der Waals surface area contributed by atoms with E-state index in [0.29, 0.717) is 18.0 Å². The molecule has 3 fully saturated rings. The molecule has 1 amide bonds. The summed E-state index contributed by atoms with van der Waals surface area (Å²) in [4.78, 5) is 14.7. The lowest BCUT2D eigenvalue weighted by molar-refractivity contribution is -0.122. The van der Waals surface area contributed by atoms with E-state index in [-0.39, 0.29) is 5.91 Å². The molecule has 3 saturated heterocycles. The molecule has 4 atom stereocenters. The van der Waals surface area contributed by atoms with E-state index in [4.69, 9.17) is 0 Å². The summed E-state index contributed by atoms with van der Waals surface area (Å²) in [6.07, 6.45) is 8.23. The molecule has 0 spiro atoms. The van der Waals surface area contributed by atoms with Crippen molar-refractivity contribution < 1.29 is 4.79 Å². The average molecular weight is 322 g/mol. The summed E-state index contributed by atoms with van der Waals surface area (Å²) in [6.45, 7) is 9.15. The highest BCUT2D eigenvalue weighted by Gasteiger charge is 2.34. The molecule has 23 heavy (non-hydrogen) atoms. The van der Waals surface area contributed by atoms with E-state index < -0.39 is 0 Å². The molecule has 0 aromatic carbocycles. The molecular weight excluding hydrogens is 286 g/mol. The highest BCUT2D eigenvalue weighted by atomic mass is 16.1. The van der Waals surface area contributed by atoms with Gasteiger partial charge in [-0.15, -0.1) is 0 Å². The third kappa shape index (κ3) is 5.18. The summed E-state index contributed by atoms with van der Waals surface area (Å²) in [5, 5.41) is 6.81. The highest BCUT2D eigenvalue weighted by Crippen LogP contribution is 2.32. The van der Waals surface area contributed by atoms with Crippen molar-refractivity contribution >= 4 is 5.91 Å². The van der Waals surface area contributed by atoms with E-state index >= 15 is 0 Å². The largest absolute Gasteiger partial charge is 0.356 e. The van der Waals surface area contributed by atoms with Crippen molar-refractivity contribution in [2.45, 2.75) is 70.9 Å². The topological polar surface area (TPSA) is 44.4 Å². The van der Waals surface area contributed by atoms with Crippen LogP contribution in [0.15, 0.2) is 0 Å². The molecule has 0 radical (unpaired) electrons. The molecule has 3 aliphatic rings. The Balaban J connectivity index is 1.28. The number of likely N-dealkylation sites (tertiary alicyclic amines) is 1. The third-order valence-corrected chi connectivity index (χ3v) is 5.96. The van der Waals surface area contributed by atoms with Gasteiger partial charge in [-0.3, -0.25) is 4.79 Å². The minimum absolute atomic E-state index is 0.275. The fourth-order valence-corrected chi connectivity index (χ4v) is 5.18. The Labute approximate surface area is 141 Å². The molecule has 4 unspecified atom stereocenters. The van der Waals surface area contributed by atoms with Gasteiger partial charge in [0, 0.05) is 38.1 Å². The summed E-state index contributed by atoms with van der Waals surface area (Å²) in [6, 6.07) is 1.38. The van der Waals surface area contributed by atoms with E-state index in [2.05, 4.69) is 29.4 Å². The van der Waals surface area contributed by atoms with E-state index in [1.165, 1.54) is 45.2 Å². The Kier molecular flexibility index (Phi) is 5.97. The molecule has 0 saturated carbocycles. The van der Waals surface area contributed by atoms with Gasteiger partial charge in [-0.1, -0.05) is 13.8 Å². The molecule has 3 heterocycles. The van der Waals surface area contributed by atoms with Gasteiger partial charge in [0.15, 0.2) is 0 Å². The maximum Gasteiger partial charge on any atom is 0.220 e. The number of nitrogens with one attached hydrogen (secondary N) is 2. The SMILES string of the molecule is CC1CC(C)CN(CCCNC(=O)CC2CC3CCC(C2)N3)C1. The predicted octanol–water partition coefficient (Wildman–Crippen LogP) is 2.39. The van der Waals surface area contributed by atoms with Gasteiger partial charge >= 0.3 is 0 Å². The molecule has 4 heteroatoms. The van der Waals surface area contributed by atoms with Crippen LogP contribution in [-0.2, 0) is 4.79 Å². The van der Waals surface area contributed by atoms with Crippen molar-refractivity contribution in [3.8, 4) is 0 Å². The Morgan fingerprint density at radius 1 is 1.09 bits per heavy atom. The van der Waals surface area contributed by atoms with Gasteiger partial charge in [-0.05, 0) is 62.8 Å². The molecular formula is C19H35N3O. The first-order chi connectivity index (χ1) is 11.1. The molecule has 0 aliphatic carbocycles. The van der Waals surface area contributed by atoms with Crippen molar-refractivity contribution in [3.63, 3.8) is 0 Å². The lowest BCUT2D eigenvalue weighted by Gasteiger charge is -2.35. The van der Waals surface area contributed by atoms with Crippen molar-refractivity contribution in [1.82, 2.24) is 15.5 Å². The summed E-state index contributed by atoms with van der Waals surface area (Å²) in [5.74, 6) is 2.53. The Bertz CT molecular complexity index is 378. The van der Waals surface area contributed by atoms with Gasteiger partial charge in [-0.25, -0.2) is 0 Å². The van der Waals surface area contributed by atoms with E-state index in [1.807, 2.05) is 0 Å². The quantitative estimate of drug-likeness (QED) is 0.738. The van der Waals surface area contributed by atoms with Crippen LogP contribution >= 0.6 is 0 Å². The molecule has 2 bridgehead atoms. The lowest BCUT2D eigenvalue weighted by atomic mass is 9.89. The first kappa shape index (κ1) is 17.2. The van der Waals surface area contributed by atoms with Crippen LogP contribution in [0.25, 0.3) is 0 Å². The van der Waals surface area contributed by atoms with Crippen LogP contribution in [0.4, 0.5) is 0 Å². The number of rotatable bonds is 6. The van der Waals surface area contributed by atoms with Gasteiger partial charge < -0.3 is 15.5 Å². The number of nitrogens with zero attached hydrogens (tertiary/aromatic N) is 1. The zero-order valence-electron chi connectivity index (χ0n) is 15.0. The second kappa shape index (κ2) is 7.98. The fourth-order valence-electron chi connectivity index (χ4n) is 5.18. The standard InChI is InChI=1S/C19H35N3O/c1-14-8-15(2)13-22(12-14)7-3-6-20-19(23)11-16-9-17-4-5-18(10-16)21-17/h14-18,21H,3-13H2,1-2H3,(H,20,23). The first-order valence-electron chi connectivity index (χ1n) is 9.83. The lowest BCUT2D eigenvalue weighted by Crippen LogP contribution is -2.41. The maximum absolute atomic E-state index is 12.2. The van der Waals surface area contributed by atoms with Crippen LogP contribution in [0.1, 0.15) is 58.8 Å². The van der Waals surface area contributed by atoms with Gasteiger partial charge in [0.2, 0.25) is 5.91 Å². The molecule has 3 rings (SSSR count). The average Bonchev–Trinajstić information content (AvgIpc) is 2.82. The van der Waals surface area contributed by atoms with Crippen molar-refractivity contribution in [3.05, 3.63) is 0 Å². The normalized spacial score (nSPS) is 37.7. The monoisotopic (exact) mass is 321 g/mol. The second-order valence-electron chi connectivity index (χ2n) is 8.59.